The van der Waals surface area contributed by atoms with Gasteiger partial charge in [0, 0.05) is 47.4 Å². The lowest BCUT2D eigenvalue weighted by molar-refractivity contribution is 0.0697. The van der Waals surface area contributed by atoms with Crippen molar-refractivity contribution in [2.24, 2.45) is 0 Å². The van der Waals surface area contributed by atoms with Gasteiger partial charge in [0.05, 0.1) is 11.3 Å². The molecule has 0 amide bonds. The number of aromatic amines is 1. The van der Waals surface area contributed by atoms with E-state index in [-0.39, 0.29) is 5.56 Å². The Balaban J connectivity index is 1.75. The molecule has 0 radical (unpaired) electrons. The standard InChI is InChI=1S/C24H23N3O3/c1-2-3-8-22-25-11-12-27(22)14-16-9-10-21-19(13-16)20(15-28)23(26-21)17-6-4-5-7-18(17)24(29)30/h4-7,9-13,15,26H,2-3,8,14H2,1H3,(H,29,30). The SMILES string of the molecule is CCCCc1nccn1Cc1ccc2[nH]c(-c3ccccc3C(=O)O)c(C=O)c2c1. The summed E-state index contributed by atoms with van der Waals surface area (Å²) in [5.74, 6) is 0.0270. The highest BCUT2D eigenvalue weighted by atomic mass is 16.4. The van der Waals surface area contributed by atoms with Crippen LogP contribution in [0.25, 0.3) is 22.2 Å². The highest BCUT2D eigenvalue weighted by Crippen LogP contribution is 2.32. The normalized spacial score (nSPS) is 11.1. The molecule has 2 N–H and O–H groups in total. The van der Waals surface area contributed by atoms with Crippen molar-refractivity contribution in [2.75, 3.05) is 0 Å². The molecule has 30 heavy (non-hydrogen) atoms. The van der Waals surface area contributed by atoms with E-state index in [9.17, 15) is 14.7 Å². The van der Waals surface area contributed by atoms with E-state index in [1.165, 1.54) is 0 Å². The molecule has 0 atom stereocenters. The first-order chi connectivity index (χ1) is 14.6. The third-order valence-corrected chi connectivity index (χ3v) is 5.36. The van der Waals surface area contributed by atoms with Gasteiger partial charge in [-0.25, -0.2) is 9.78 Å². The summed E-state index contributed by atoms with van der Waals surface area (Å²) in [4.78, 5) is 31.3. The molecule has 4 aromatic rings. The second-order valence-electron chi connectivity index (χ2n) is 7.34. The third kappa shape index (κ3) is 3.64. The van der Waals surface area contributed by atoms with E-state index in [4.69, 9.17) is 0 Å². The number of carboxylic acids is 1. The number of aryl methyl sites for hydroxylation is 1. The Labute approximate surface area is 174 Å². The fourth-order valence-corrected chi connectivity index (χ4v) is 3.82. The van der Waals surface area contributed by atoms with Gasteiger partial charge in [0.1, 0.15) is 5.82 Å². The molecule has 0 aliphatic rings. The summed E-state index contributed by atoms with van der Waals surface area (Å²) in [6, 6.07) is 12.6. The van der Waals surface area contributed by atoms with Crippen molar-refractivity contribution in [2.45, 2.75) is 32.7 Å². The van der Waals surface area contributed by atoms with Crippen LogP contribution in [0.15, 0.2) is 54.9 Å². The first-order valence-electron chi connectivity index (χ1n) is 10.0. The Morgan fingerprint density at radius 3 is 2.83 bits per heavy atom. The molecule has 6 heteroatoms. The molecule has 0 aliphatic heterocycles. The number of unbranched alkanes of at least 4 members (excludes halogenated alkanes) is 1. The number of nitrogens with zero attached hydrogens (tertiary/aromatic N) is 2. The highest BCUT2D eigenvalue weighted by molar-refractivity contribution is 6.07. The summed E-state index contributed by atoms with van der Waals surface area (Å²) >= 11 is 0. The van der Waals surface area contributed by atoms with E-state index >= 15 is 0 Å². The highest BCUT2D eigenvalue weighted by Gasteiger charge is 2.18. The predicted molar refractivity (Wildman–Crippen MR) is 116 cm³/mol. The summed E-state index contributed by atoms with van der Waals surface area (Å²) in [5.41, 5.74) is 3.51. The molecule has 0 spiro atoms. The van der Waals surface area contributed by atoms with Gasteiger partial charge in [-0.2, -0.15) is 0 Å². The number of carboxylic acid groups (broad SMARTS) is 1. The smallest absolute Gasteiger partial charge is 0.336 e. The number of aldehydes is 1. The fourth-order valence-electron chi connectivity index (χ4n) is 3.82. The van der Waals surface area contributed by atoms with E-state index in [1.54, 1.807) is 24.3 Å². The van der Waals surface area contributed by atoms with Crippen LogP contribution in [0, 0.1) is 0 Å². The van der Waals surface area contributed by atoms with Gasteiger partial charge in [0.15, 0.2) is 6.29 Å². The van der Waals surface area contributed by atoms with Crippen LogP contribution in [0.5, 0.6) is 0 Å². The van der Waals surface area contributed by atoms with Gasteiger partial charge < -0.3 is 14.7 Å². The number of imidazole rings is 1. The van der Waals surface area contributed by atoms with Gasteiger partial charge in [-0.15, -0.1) is 0 Å². The molecule has 0 saturated carbocycles. The number of rotatable bonds is 8. The van der Waals surface area contributed by atoms with Gasteiger partial charge in [0.25, 0.3) is 0 Å². The third-order valence-electron chi connectivity index (χ3n) is 5.36. The zero-order valence-electron chi connectivity index (χ0n) is 16.8. The van der Waals surface area contributed by atoms with Gasteiger partial charge in [0.2, 0.25) is 0 Å². The average Bonchev–Trinajstić information content (AvgIpc) is 3.35. The number of hydrogen-bond donors (Lipinski definition) is 2. The minimum absolute atomic E-state index is 0.159. The van der Waals surface area contributed by atoms with Crippen molar-refractivity contribution in [1.29, 1.82) is 0 Å². The maximum atomic E-state index is 12.0. The molecule has 0 unspecified atom stereocenters. The zero-order chi connectivity index (χ0) is 21.1. The molecule has 2 aromatic heterocycles. The van der Waals surface area contributed by atoms with Gasteiger partial charge in [-0.3, -0.25) is 4.79 Å². The number of benzene rings is 2. The predicted octanol–water partition coefficient (Wildman–Crippen LogP) is 4.93. The number of carbonyl (C=O) groups excluding carboxylic acids is 1. The van der Waals surface area contributed by atoms with E-state index in [0.29, 0.717) is 23.4 Å². The number of hydrogen-bond acceptors (Lipinski definition) is 3. The van der Waals surface area contributed by atoms with Crippen LogP contribution in [-0.4, -0.2) is 31.9 Å². The number of aromatic nitrogens is 3. The van der Waals surface area contributed by atoms with Crippen LogP contribution in [-0.2, 0) is 13.0 Å². The van der Waals surface area contributed by atoms with Crippen LogP contribution < -0.4 is 0 Å². The van der Waals surface area contributed by atoms with Gasteiger partial charge >= 0.3 is 5.97 Å². The molecule has 0 aliphatic carbocycles. The number of carbonyl (C=O) groups is 2. The van der Waals surface area contributed by atoms with Crippen molar-refractivity contribution >= 4 is 23.2 Å². The fraction of sp³-hybridized carbons (Fsp3) is 0.208. The lowest BCUT2D eigenvalue weighted by Crippen LogP contribution is -2.04. The Kier molecular flexibility index (Phi) is 5.48. The van der Waals surface area contributed by atoms with Crippen molar-refractivity contribution in [3.63, 3.8) is 0 Å². The summed E-state index contributed by atoms with van der Waals surface area (Å²) in [5, 5.41) is 10.3. The van der Waals surface area contributed by atoms with Crippen molar-refractivity contribution < 1.29 is 14.7 Å². The van der Waals surface area contributed by atoms with E-state index in [2.05, 4.69) is 21.5 Å². The minimum atomic E-state index is -1.03. The quantitative estimate of drug-likeness (QED) is 0.410. The van der Waals surface area contributed by atoms with Crippen LogP contribution in [0.2, 0.25) is 0 Å². The molecule has 0 fully saturated rings. The summed E-state index contributed by atoms with van der Waals surface area (Å²) in [6.07, 6.45) is 7.73. The number of fused-ring (bicyclic) bond motifs is 1. The summed E-state index contributed by atoms with van der Waals surface area (Å²) in [6.45, 7) is 2.83. The number of nitrogens with one attached hydrogen (secondary N) is 1. The van der Waals surface area contributed by atoms with E-state index in [1.807, 2.05) is 30.6 Å². The molecule has 2 heterocycles. The first kappa shape index (κ1) is 19.6. The van der Waals surface area contributed by atoms with Crippen molar-refractivity contribution in [3.05, 3.63) is 77.4 Å². The largest absolute Gasteiger partial charge is 0.478 e. The topological polar surface area (TPSA) is 88.0 Å². The van der Waals surface area contributed by atoms with Crippen molar-refractivity contribution in [3.8, 4) is 11.3 Å². The maximum absolute atomic E-state index is 12.0. The molecule has 0 bridgehead atoms. The van der Waals surface area contributed by atoms with Gasteiger partial charge in [-0.1, -0.05) is 37.6 Å². The summed E-state index contributed by atoms with van der Waals surface area (Å²) in [7, 11) is 0. The minimum Gasteiger partial charge on any atom is -0.478 e. The zero-order valence-corrected chi connectivity index (χ0v) is 16.8. The second-order valence-corrected chi connectivity index (χ2v) is 7.34. The molecular weight excluding hydrogens is 378 g/mol. The molecular formula is C24H23N3O3. The number of aromatic carboxylic acids is 1. The van der Waals surface area contributed by atoms with E-state index in [0.717, 1.165) is 47.8 Å². The first-order valence-corrected chi connectivity index (χ1v) is 10.0. The van der Waals surface area contributed by atoms with Crippen LogP contribution in [0.4, 0.5) is 0 Å². The molecule has 4 rings (SSSR count). The lowest BCUT2D eigenvalue weighted by Gasteiger charge is -2.08. The van der Waals surface area contributed by atoms with E-state index < -0.39 is 5.97 Å². The maximum Gasteiger partial charge on any atom is 0.336 e. The monoisotopic (exact) mass is 401 g/mol. The van der Waals surface area contributed by atoms with Crippen molar-refractivity contribution in [1.82, 2.24) is 14.5 Å². The van der Waals surface area contributed by atoms with Crippen LogP contribution >= 0.6 is 0 Å². The molecule has 0 saturated heterocycles. The molecule has 152 valence electrons. The Morgan fingerprint density at radius 2 is 2.07 bits per heavy atom. The van der Waals surface area contributed by atoms with Crippen LogP contribution in [0.3, 0.4) is 0 Å². The average molecular weight is 401 g/mol. The van der Waals surface area contributed by atoms with Gasteiger partial charge in [-0.05, 0) is 30.2 Å². The Bertz CT molecular complexity index is 1220. The summed E-state index contributed by atoms with van der Waals surface area (Å²) < 4.78 is 2.13. The van der Waals surface area contributed by atoms with Crippen LogP contribution in [0.1, 0.15) is 51.9 Å². The number of H-pyrrole nitrogens is 1. The second kappa shape index (κ2) is 8.37. The Morgan fingerprint density at radius 1 is 1.23 bits per heavy atom. The molecule has 6 nitrogen and oxygen atoms in total. The molecule has 2 aromatic carbocycles. The Hall–Kier alpha value is -3.67. The lowest BCUT2D eigenvalue weighted by atomic mass is 10.0.